The summed E-state index contributed by atoms with van der Waals surface area (Å²) in [4.78, 5) is 0. The zero-order valence-corrected chi connectivity index (χ0v) is 7.67. The fourth-order valence-corrected chi connectivity index (χ4v) is 1.52. The normalized spacial score (nSPS) is 38.1. The maximum absolute atomic E-state index is 9.59. The van der Waals surface area contributed by atoms with Crippen molar-refractivity contribution in [2.24, 2.45) is 11.8 Å². The highest BCUT2D eigenvalue weighted by atomic mass is 16.3. The summed E-state index contributed by atoms with van der Waals surface area (Å²) in [6.45, 7) is 6.34. The van der Waals surface area contributed by atoms with Crippen molar-refractivity contribution in [3.8, 4) is 0 Å². The molecule has 0 aromatic rings. The molecule has 0 heterocycles. The Hall–Kier alpha value is -0.300. The molecule has 1 aliphatic rings. The van der Waals surface area contributed by atoms with Crippen LogP contribution in [0.2, 0.25) is 0 Å². The largest absolute Gasteiger partial charge is 0.386 e. The van der Waals surface area contributed by atoms with E-state index in [-0.39, 0.29) is 0 Å². The summed E-state index contributed by atoms with van der Waals surface area (Å²) in [6, 6.07) is 0. The van der Waals surface area contributed by atoms with Crippen molar-refractivity contribution < 1.29 is 5.11 Å². The van der Waals surface area contributed by atoms with Crippen LogP contribution in [-0.4, -0.2) is 10.7 Å². The summed E-state index contributed by atoms with van der Waals surface area (Å²) in [6.07, 6.45) is 6.14. The minimum Gasteiger partial charge on any atom is -0.386 e. The Morgan fingerprint density at radius 3 is 2.55 bits per heavy atom. The quantitative estimate of drug-likeness (QED) is 0.575. The summed E-state index contributed by atoms with van der Waals surface area (Å²) in [5.74, 6) is 1.39. The fraction of sp³-hybridized carbons (Fsp3) is 0.800. The molecule has 0 saturated heterocycles. The van der Waals surface area contributed by atoms with Crippen molar-refractivity contribution in [1.82, 2.24) is 0 Å². The lowest BCUT2D eigenvalue weighted by Gasteiger charge is -2.29. The van der Waals surface area contributed by atoms with E-state index in [0.717, 1.165) is 12.8 Å². The molecule has 0 bridgehead atoms. The number of aliphatic hydroxyl groups is 1. The van der Waals surface area contributed by atoms with Gasteiger partial charge in [0.05, 0.1) is 5.60 Å². The molecule has 0 fully saturated rings. The van der Waals surface area contributed by atoms with E-state index >= 15 is 0 Å². The van der Waals surface area contributed by atoms with Gasteiger partial charge in [0.25, 0.3) is 0 Å². The van der Waals surface area contributed by atoms with Gasteiger partial charge in [-0.05, 0) is 31.6 Å². The smallest absolute Gasteiger partial charge is 0.0800 e. The van der Waals surface area contributed by atoms with E-state index in [1.807, 2.05) is 13.0 Å². The SMILES string of the molecule is CC(C)[C@H]1C=CC(C)(O)CC1. The van der Waals surface area contributed by atoms with E-state index in [1.54, 1.807) is 0 Å². The van der Waals surface area contributed by atoms with Crippen molar-refractivity contribution in [2.75, 3.05) is 0 Å². The lowest BCUT2D eigenvalue weighted by molar-refractivity contribution is 0.0845. The van der Waals surface area contributed by atoms with Crippen LogP contribution in [0.1, 0.15) is 33.6 Å². The molecule has 0 spiro atoms. The molecule has 1 N–H and O–H groups in total. The Labute approximate surface area is 69.1 Å². The monoisotopic (exact) mass is 154 g/mol. The molecule has 0 radical (unpaired) electrons. The maximum atomic E-state index is 9.59. The minimum atomic E-state index is -0.536. The van der Waals surface area contributed by atoms with Crippen LogP contribution in [0.4, 0.5) is 0 Å². The van der Waals surface area contributed by atoms with Gasteiger partial charge in [0, 0.05) is 0 Å². The molecule has 1 unspecified atom stereocenters. The highest BCUT2D eigenvalue weighted by molar-refractivity contribution is 5.06. The van der Waals surface area contributed by atoms with Crippen molar-refractivity contribution in [2.45, 2.75) is 39.2 Å². The Balaban J connectivity index is 2.56. The lowest BCUT2D eigenvalue weighted by atomic mass is 9.81. The average molecular weight is 154 g/mol. The Morgan fingerprint density at radius 2 is 2.18 bits per heavy atom. The van der Waals surface area contributed by atoms with Gasteiger partial charge in [0.1, 0.15) is 0 Å². The number of allylic oxidation sites excluding steroid dienone is 1. The van der Waals surface area contributed by atoms with Gasteiger partial charge in [-0.2, -0.15) is 0 Å². The molecular formula is C10H18O. The number of rotatable bonds is 1. The van der Waals surface area contributed by atoms with Gasteiger partial charge in [0.2, 0.25) is 0 Å². The van der Waals surface area contributed by atoms with Gasteiger partial charge >= 0.3 is 0 Å². The first-order valence-corrected chi connectivity index (χ1v) is 4.43. The van der Waals surface area contributed by atoms with Gasteiger partial charge < -0.3 is 5.11 Å². The molecule has 0 amide bonds. The summed E-state index contributed by atoms with van der Waals surface area (Å²) in [7, 11) is 0. The zero-order chi connectivity index (χ0) is 8.48. The third kappa shape index (κ3) is 2.33. The van der Waals surface area contributed by atoms with Crippen LogP contribution in [0.15, 0.2) is 12.2 Å². The highest BCUT2D eigenvalue weighted by Crippen LogP contribution is 2.29. The first kappa shape index (κ1) is 8.79. The summed E-state index contributed by atoms with van der Waals surface area (Å²) in [5.41, 5.74) is -0.536. The van der Waals surface area contributed by atoms with Crippen LogP contribution in [-0.2, 0) is 0 Å². The van der Waals surface area contributed by atoms with E-state index in [9.17, 15) is 5.11 Å². The van der Waals surface area contributed by atoms with Gasteiger partial charge in [-0.25, -0.2) is 0 Å². The third-order valence-corrected chi connectivity index (χ3v) is 2.54. The Bertz CT molecular complexity index is 156. The molecule has 11 heavy (non-hydrogen) atoms. The zero-order valence-electron chi connectivity index (χ0n) is 7.67. The molecule has 64 valence electrons. The predicted octanol–water partition coefficient (Wildman–Crippen LogP) is 2.36. The first-order chi connectivity index (χ1) is 5.01. The molecule has 1 rings (SSSR count). The van der Waals surface area contributed by atoms with Crippen molar-refractivity contribution >= 4 is 0 Å². The van der Waals surface area contributed by atoms with Crippen LogP contribution in [0, 0.1) is 11.8 Å². The second kappa shape index (κ2) is 2.98. The molecule has 1 nitrogen and oxygen atoms in total. The minimum absolute atomic E-state index is 0.536. The predicted molar refractivity (Wildman–Crippen MR) is 47.3 cm³/mol. The average Bonchev–Trinajstić information content (AvgIpc) is 1.86. The van der Waals surface area contributed by atoms with Crippen molar-refractivity contribution in [1.29, 1.82) is 0 Å². The van der Waals surface area contributed by atoms with Gasteiger partial charge in [-0.1, -0.05) is 26.0 Å². The summed E-state index contributed by atoms with van der Waals surface area (Å²) >= 11 is 0. The Morgan fingerprint density at radius 1 is 1.55 bits per heavy atom. The van der Waals surface area contributed by atoms with E-state index in [4.69, 9.17) is 0 Å². The number of hydrogen-bond acceptors (Lipinski definition) is 1. The third-order valence-electron chi connectivity index (χ3n) is 2.54. The van der Waals surface area contributed by atoms with E-state index in [1.165, 1.54) is 0 Å². The van der Waals surface area contributed by atoms with Crippen molar-refractivity contribution in [3.63, 3.8) is 0 Å². The molecule has 1 aliphatic carbocycles. The van der Waals surface area contributed by atoms with E-state index in [0.29, 0.717) is 11.8 Å². The van der Waals surface area contributed by atoms with Crippen LogP contribution in [0.3, 0.4) is 0 Å². The summed E-state index contributed by atoms with van der Waals surface area (Å²) in [5, 5.41) is 9.59. The van der Waals surface area contributed by atoms with Gasteiger partial charge in [-0.15, -0.1) is 0 Å². The second-order valence-electron chi connectivity index (χ2n) is 4.16. The summed E-state index contributed by atoms with van der Waals surface area (Å²) < 4.78 is 0. The van der Waals surface area contributed by atoms with Gasteiger partial charge in [0.15, 0.2) is 0 Å². The van der Waals surface area contributed by atoms with E-state index < -0.39 is 5.60 Å². The fourth-order valence-electron chi connectivity index (χ4n) is 1.52. The molecule has 2 atom stereocenters. The first-order valence-electron chi connectivity index (χ1n) is 4.43. The highest BCUT2D eigenvalue weighted by Gasteiger charge is 2.24. The molecule has 0 aliphatic heterocycles. The van der Waals surface area contributed by atoms with Crippen molar-refractivity contribution in [3.05, 3.63) is 12.2 Å². The Kier molecular flexibility index (Phi) is 2.38. The lowest BCUT2D eigenvalue weighted by Crippen LogP contribution is -2.26. The molecular weight excluding hydrogens is 136 g/mol. The maximum Gasteiger partial charge on any atom is 0.0800 e. The molecule has 0 aromatic heterocycles. The topological polar surface area (TPSA) is 20.2 Å². The standard InChI is InChI=1S/C10H18O/c1-8(2)9-4-6-10(3,11)7-5-9/h4,6,8-9,11H,5,7H2,1-3H3/t9-,10?/m0/s1. The molecule has 0 aromatic carbocycles. The van der Waals surface area contributed by atoms with E-state index in [2.05, 4.69) is 19.9 Å². The molecule has 1 heteroatoms. The van der Waals surface area contributed by atoms with Gasteiger partial charge in [-0.3, -0.25) is 0 Å². The van der Waals surface area contributed by atoms with Crippen LogP contribution < -0.4 is 0 Å². The van der Waals surface area contributed by atoms with Crippen LogP contribution >= 0.6 is 0 Å². The number of hydrogen-bond donors (Lipinski definition) is 1. The van der Waals surface area contributed by atoms with Crippen LogP contribution in [0.25, 0.3) is 0 Å². The second-order valence-corrected chi connectivity index (χ2v) is 4.16. The molecule has 0 saturated carbocycles. The van der Waals surface area contributed by atoms with Crippen LogP contribution in [0.5, 0.6) is 0 Å².